The molecule has 1 fully saturated rings. The number of halogens is 3. The van der Waals surface area contributed by atoms with Gasteiger partial charge in [0.05, 0.1) is 0 Å². The first-order valence-electron chi connectivity index (χ1n) is 11.9. The molecule has 1 aliphatic carbocycles. The van der Waals surface area contributed by atoms with Crippen molar-refractivity contribution >= 4 is 16.7 Å². The van der Waals surface area contributed by atoms with E-state index in [2.05, 4.69) is 6.92 Å². The molecule has 5 heteroatoms. The SMILES string of the molecule is CCCCCC1CCC(c2cc(F)c(C(=O)Oc3ccc4c(F)cccc4c3)c(F)c2)CC1. The van der Waals surface area contributed by atoms with Gasteiger partial charge in [0.1, 0.15) is 28.8 Å². The van der Waals surface area contributed by atoms with Crippen molar-refractivity contribution in [3.63, 3.8) is 0 Å². The summed E-state index contributed by atoms with van der Waals surface area (Å²) in [5.41, 5.74) is -0.0962. The minimum absolute atomic E-state index is 0.0994. The molecule has 4 rings (SSSR count). The molecule has 0 atom stereocenters. The number of hydrogen-bond donors (Lipinski definition) is 0. The molecule has 174 valence electrons. The fourth-order valence-corrected chi connectivity index (χ4v) is 4.93. The number of unbranched alkanes of at least 4 members (excludes halogenated alkanes) is 2. The molecule has 1 aliphatic rings. The Morgan fingerprint density at radius 1 is 0.909 bits per heavy atom. The third-order valence-electron chi connectivity index (χ3n) is 6.81. The normalized spacial score (nSPS) is 18.4. The lowest BCUT2D eigenvalue weighted by Gasteiger charge is -2.29. The molecule has 2 nitrogen and oxygen atoms in total. The molecule has 3 aromatic carbocycles. The molecule has 33 heavy (non-hydrogen) atoms. The highest BCUT2D eigenvalue weighted by Gasteiger charge is 2.26. The Balaban J connectivity index is 1.44. The van der Waals surface area contributed by atoms with Crippen LogP contribution in [0.2, 0.25) is 0 Å². The number of ether oxygens (including phenoxy) is 1. The third-order valence-corrected chi connectivity index (χ3v) is 6.81. The first-order valence-corrected chi connectivity index (χ1v) is 11.9. The lowest BCUT2D eigenvalue weighted by Crippen LogP contribution is -2.16. The van der Waals surface area contributed by atoms with Gasteiger partial charge in [-0.15, -0.1) is 0 Å². The minimum Gasteiger partial charge on any atom is -0.423 e. The largest absolute Gasteiger partial charge is 0.423 e. The van der Waals surface area contributed by atoms with Crippen LogP contribution < -0.4 is 4.74 Å². The molecular formula is C28H29F3O2. The van der Waals surface area contributed by atoms with Crippen molar-refractivity contribution in [2.75, 3.05) is 0 Å². The molecule has 0 heterocycles. The topological polar surface area (TPSA) is 26.3 Å². The van der Waals surface area contributed by atoms with Gasteiger partial charge in [-0.1, -0.05) is 44.7 Å². The summed E-state index contributed by atoms with van der Waals surface area (Å²) < 4.78 is 48.7. The van der Waals surface area contributed by atoms with Crippen LogP contribution in [0.3, 0.4) is 0 Å². The van der Waals surface area contributed by atoms with Crippen LogP contribution in [-0.2, 0) is 0 Å². The van der Waals surface area contributed by atoms with Crippen molar-refractivity contribution in [3.05, 3.63) is 77.1 Å². The Morgan fingerprint density at radius 3 is 2.33 bits per heavy atom. The average molecular weight is 455 g/mol. The Kier molecular flexibility index (Phi) is 7.36. The predicted molar refractivity (Wildman–Crippen MR) is 124 cm³/mol. The summed E-state index contributed by atoms with van der Waals surface area (Å²) in [7, 11) is 0. The van der Waals surface area contributed by atoms with Crippen molar-refractivity contribution in [3.8, 4) is 5.75 Å². The maximum Gasteiger partial charge on any atom is 0.349 e. The van der Waals surface area contributed by atoms with E-state index in [4.69, 9.17) is 4.74 Å². The van der Waals surface area contributed by atoms with Crippen molar-refractivity contribution in [1.29, 1.82) is 0 Å². The maximum atomic E-state index is 14.8. The van der Waals surface area contributed by atoms with Crippen molar-refractivity contribution in [1.82, 2.24) is 0 Å². The van der Waals surface area contributed by atoms with E-state index >= 15 is 0 Å². The van der Waals surface area contributed by atoms with Crippen molar-refractivity contribution in [2.45, 2.75) is 64.2 Å². The van der Waals surface area contributed by atoms with Crippen LogP contribution >= 0.6 is 0 Å². The highest BCUT2D eigenvalue weighted by molar-refractivity contribution is 5.92. The molecule has 0 aliphatic heterocycles. The fraction of sp³-hybridized carbons (Fsp3) is 0.393. The molecule has 0 radical (unpaired) electrons. The highest BCUT2D eigenvalue weighted by Crippen LogP contribution is 2.38. The standard InChI is InChI=1S/C28H29F3O2/c1-2-3-4-6-18-9-11-19(12-10-18)21-16-25(30)27(26(31)17-21)28(32)33-22-13-14-23-20(15-22)7-5-8-24(23)29/h5,7-8,13-19H,2-4,6,9-12H2,1H3. The molecule has 0 aromatic heterocycles. The second-order valence-corrected chi connectivity index (χ2v) is 9.09. The second-order valence-electron chi connectivity index (χ2n) is 9.09. The van der Waals surface area contributed by atoms with Crippen LogP contribution in [0, 0.1) is 23.4 Å². The summed E-state index contributed by atoms with van der Waals surface area (Å²) in [6, 6.07) is 11.5. The lowest BCUT2D eigenvalue weighted by atomic mass is 9.77. The van der Waals surface area contributed by atoms with Crippen LogP contribution in [0.15, 0.2) is 48.5 Å². The Hall–Kier alpha value is -2.82. The van der Waals surface area contributed by atoms with E-state index in [-0.39, 0.29) is 11.7 Å². The van der Waals surface area contributed by atoms with Gasteiger partial charge in [0, 0.05) is 5.39 Å². The number of carbonyl (C=O) groups excluding carboxylic acids is 1. The van der Waals surface area contributed by atoms with Gasteiger partial charge in [-0.3, -0.25) is 0 Å². The molecule has 0 bridgehead atoms. The summed E-state index contributed by atoms with van der Waals surface area (Å²) in [5, 5.41) is 0.904. The van der Waals surface area contributed by atoms with E-state index in [1.165, 1.54) is 62.1 Å². The number of esters is 1. The van der Waals surface area contributed by atoms with Gasteiger partial charge < -0.3 is 4.74 Å². The van der Waals surface area contributed by atoms with Crippen molar-refractivity contribution < 1.29 is 22.7 Å². The van der Waals surface area contributed by atoms with Crippen LogP contribution in [0.25, 0.3) is 10.8 Å². The van der Waals surface area contributed by atoms with Gasteiger partial charge in [-0.05, 0) is 84.9 Å². The molecule has 0 N–H and O–H groups in total. The zero-order chi connectivity index (χ0) is 23.4. The summed E-state index contributed by atoms with van der Waals surface area (Å²) in [4.78, 5) is 12.5. The highest BCUT2D eigenvalue weighted by atomic mass is 19.1. The number of hydrogen-bond acceptors (Lipinski definition) is 2. The predicted octanol–water partition coefficient (Wildman–Crippen LogP) is 8.33. The number of benzene rings is 3. The second kappa shape index (κ2) is 10.4. The van der Waals surface area contributed by atoms with E-state index in [0.717, 1.165) is 25.7 Å². The summed E-state index contributed by atoms with van der Waals surface area (Å²) in [6.45, 7) is 2.20. The molecule has 0 saturated heterocycles. The fourth-order valence-electron chi connectivity index (χ4n) is 4.93. The molecular weight excluding hydrogens is 425 g/mol. The Bertz CT molecular complexity index is 1110. The maximum absolute atomic E-state index is 14.8. The average Bonchev–Trinajstić information content (AvgIpc) is 2.79. The molecule has 0 unspecified atom stereocenters. The summed E-state index contributed by atoms with van der Waals surface area (Å²) >= 11 is 0. The van der Waals surface area contributed by atoms with E-state index in [1.807, 2.05) is 0 Å². The lowest BCUT2D eigenvalue weighted by molar-refractivity contribution is 0.0724. The smallest absolute Gasteiger partial charge is 0.349 e. The van der Waals surface area contributed by atoms with Crippen LogP contribution in [0.4, 0.5) is 13.2 Å². The van der Waals surface area contributed by atoms with Crippen LogP contribution in [0.1, 0.15) is 80.1 Å². The van der Waals surface area contributed by atoms with Gasteiger partial charge >= 0.3 is 5.97 Å². The number of fused-ring (bicyclic) bond motifs is 1. The van der Waals surface area contributed by atoms with Crippen molar-refractivity contribution in [2.24, 2.45) is 5.92 Å². The van der Waals surface area contributed by atoms with E-state index in [9.17, 15) is 18.0 Å². The van der Waals surface area contributed by atoms with Gasteiger partial charge in [-0.2, -0.15) is 0 Å². The zero-order valence-electron chi connectivity index (χ0n) is 18.9. The van der Waals surface area contributed by atoms with Crippen LogP contribution in [0.5, 0.6) is 5.75 Å². The van der Waals surface area contributed by atoms with Gasteiger partial charge in [0.2, 0.25) is 0 Å². The molecule has 1 saturated carbocycles. The molecule has 3 aromatic rings. The molecule has 0 spiro atoms. The van der Waals surface area contributed by atoms with Gasteiger partial charge in [0.25, 0.3) is 0 Å². The number of carbonyl (C=O) groups is 1. The monoisotopic (exact) mass is 454 g/mol. The quantitative estimate of drug-likeness (QED) is 0.204. The minimum atomic E-state index is -1.10. The first kappa shape index (κ1) is 23.3. The van der Waals surface area contributed by atoms with E-state index in [1.54, 1.807) is 12.1 Å². The third kappa shape index (κ3) is 5.40. The molecule has 0 amide bonds. The Morgan fingerprint density at radius 2 is 1.64 bits per heavy atom. The van der Waals surface area contributed by atoms with Gasteiger partial charge in [-0.25, -0.2) is 18.0 Å². The summed E-state index contributed by atoms with van der Waals surface area (Å²) in [6.07, 6.45) is 8.91. The number of rotatable bonds is 7. The zero-order valence-corrected chi connectivity index (χ0v) is 18.9. The van der Waals surface area contributed by atoms with Crippen LogP contribution in [-0.4, -0.2) is 5.97 Å². The van der Waals surface area contributed by atoms with Gasteiger partial charge in [0.15, 0.2) is 0 Å². The van der Waals surface area contributed by atoms with E-state index in [0.29, 0.717) is 22.3 Å². The Labute approximate surface area is 192 Å². The van der Waals surface area contributed by atoms with E-state index < -0.39 is 29.0 Å². The summed E-state index contributed by atoms with van der Waals surface area (Å²) in [5.74, 6) is -2.41. The first-order chi connectivity index (χ1) is 16.0.